The second-order valence-corrected chi connectivity index (χ2v) is 4.06. The van der Waals surface area contributed by atoms with Crippen LogP contribution in [0.25, 0.3) is 0 Å². The molecule has 0 saturated heterocycles. The highest BCUT2D eigenvalue weighted by atomic mass is 35.5. The van der Waals surface area contributed by atoms with Crippen LogP contribution in [-0.4, -0.2) is 19.7 Å². The lowest BCUT2D eigenvalue weighted by Crippen LogP contribution is -2.21. The first kappa shape index (κ1) is 13.1. The first-order valence-corrected chi connectivity index (χ1v) is 5.74. The van der Waals surface area contributed by atoms with Crippen molar-refractivity contribution in [1.82, 2.24) is 5.32 Å². The van der Waals surface area contributed by atoms with Crippen LogP contribution in [-0.2, 0) is 0 Å². The fourth-order valence-electron chi connectivity index (χ4n) is 1.36. The summed E-state index contributed by atoms with van der Waals surface area (Å²) in [5, 5.41) is 3.88. The molecule has 1 N–H and O–H groups in total. The third kappa shape index (κ3) is 3.54. The molecule has 16 heavy (non-hydrogen) atoms. The van der Waals surface area contributed by atoms with Crippen molar-refractivity contribution in [2.75, 3.05) is 19.7 Å². The number of aryl methyl sites for hydroxylation is 2. The largest absolute Gasteiger partial charge is 0.490 e. The Hall–Kier alpha value is -0.990. The van der Waals surface area contributed by atoms with Crippen molar-refractivity contribution in [2.24, 2.45) is 0 Å². The quantitative estimate of drug-likeness (QED) is 0.609. The Morgan fingerprint density at radius 2 is 2.06 bits per heavy atom. The van der Waals surface area contributed by atoms with Crippen LogP contribution in [0.15, 0.2) is 24.8 Å². The summed E-state index contributed by atoms with van der Waals surface area (Å²) in [6.07, 6.45) is 1.82. The van der Waals surface area contributed by atoms with Crippen molar-refractivity contribution in [3.05, 3.63) is 40.9 Å². The standard InChI is InChI=1S/C13H18ClNO/c1-4-7-15-8-9-16-13-11(3)6-5-10(2)12(13)14/h4-6,15H,1,7-9H2,2-3H3. The molecule has 0 amide bonds. The minimum Gasteiger partial charge on any atom is -0.490 e. The van der Waals surface area contributed by atoms with E-state index in [2.05, 4.69) is 11.9 Å². The van der Waals surface area contributed by atoms with Gasteiger partial charge in [-0.1, -0.05) is 29.8 Å². The van der Waals surface area contributed by atoms with Gasteiger partial charge in [-0.3, -0.25) is 0 Å². The van der Waals surface area contributed by atoms with Crippen LogP contribution in [0, 0.1) is 13.8 Å². The topological polar surface area (TPSA) is 21.3 Å². The zero-order valence-corrected chi connectivity index (χ0v) is 10.6. The van der Waals surface area contributed by atoms with Gasteiger partial charge < -0.3 is 10.1 Å². The molecule has 0 heterocycles. The maximum absolute atomic E-state index is 6.18. The molecule has 2 nitrogen and oxygen atoms in total. The van der Waals surface area contributed by atoms with Gasteiger partial charge in [-0.15, -0.1) is 6.58 Å². The van der Waals surface area contributed by atoms with E-state index in [0.717, 1.165) is 30.0 Å². The average molecular weight is 240 g/mol. The highest BCUT2D eigenvalue weighted by molar-refractivity contribution is 6.32. The van der Waals surface area contributed by atoms with E-state index in [0.29, 0.717) is 11.6 Å². The molecule has 0 spiro atoms. The van der Waals surface area contributed by atoms with Gasteiger partial charge >= 0.3 is 0 Å². The van der Waals surface area contributed by atoms with Gasteiger partial charge in [0.05, 0.1) is 5.02 Å². The zero-order chi connectivity index (χ0) is 12.0. The van der Waals surface area contributed by atoms with Gasteiger partial charge in [0.25, 0.3) is 0 Å². The van der Waals surface area contributed by atoms with Crippen LogP contribution < -0.4 is 10.1 Å². The van der Waals surface area contributed by atoms with Crippen LogP contribution in [0.3, 0.4) is 0 Å². The molecule has 1 aromatic carbocycles. The molecular weight excluding hydrogens is 222 g/mol. The molecule has 0 fully saturated rings. The molecule has 0 aliphatic rings. The van der Waals surface area contributed by atoms with Gasteiger partial charge in [-0.05, 0) is 25.0 Å². The predicted molar refractivity (Wildman–Crippen MR) is 69.5 cm³/mol. The predicted octanol–water partition coefficient (Wildman–Crippen LogP) is 3.11. The maximum atomic E-state index is 6.18. The van der Waals surface area contributed by atoms with Gasteiger partial charge in [0.15, 0.2) is 0 Å². The van der Waals surface area contributed by atoms with E-state index in [1.807, 2.05) is 32.1 Å². The average Bonchev–Trinajstić information content (AvgIpc) is 2.28. The van der Waals surface area contributed by atoms with E-state index in [1.165, 1.54) is 0 Å². The Balaban J connectivity index is 2.53. The van der Waals surface area contributed by atoms with Gasteiger partial charge in [0.2, 0.25) is 0 Å². The highest BCUT2D eigenvalue weighted by Gasteiger charge is 2.07. The summed E-state index contributed by atoms with van der Waals surface area (Å²) >= 11 is 6.18. The van der Waals surface area contributed by atoms with Crippen molar-refractivity contribution in [2.45, 2.75) is 13.8 Å². The second kappa shape index (κ2) is 6.56. The van der Waals surface area contributed by atoms with Crippen LogP contribution in [0.1, 0.15) is 11.1 Å². The SMILES string of the molecule is C=CCNCCOc1c(C)ccc(C)c1Cl. The summed E-state index contributed by atoms with van der Waals surface area (Å²) in [5.74, 6) is 0.794. The maximum Gasteiger partial charge on any atom is 0.141 e. The van der Waals surface area contributed by atoms with E-state index in [-0.39, 0.29) is 0 Å². The van der Waals surface area contributed by atoms with Crippen molar-refractivity contribution in [1.29, 1.82) is 0 Å². The van der Waals surface area contributed by atoms with Crippen LogP contribution in [0.2, 0.25) is 5.02 Å². The molecular formula is C13H18ClNO. The Morgan fingerprint density at radius 1 is 1.38 bits per heavy atom. The Labute approximate surface area is 102 Å². The van der Waals surface area contributed by atoms with Crippen molar-refractivity contribution in [3.63, 3.8) is 0 Å². The number of ether oxygens (including phenoxy) is 1. The number of hydrogen-bond donors (Lipinski definition) is 1. The van der Waals surface area contributed by atoms with E-state index in [9.17, 15) is 0 Å². The number of halogens is 1. The van der Waals surface area contributed by atoms with Crippen LogP contribution in [0.4, 0.5) is 0 Å². The van der Waals surface area contributed by atoms with Crippen LogP contribution in [0.5, 0.6) is 5.75 Å². The normalized spacial score (nSPS) is 10.2. The third-order valence-corrected chi connectivity index (χ3v) is 2.77. The van der Waals surface area contributed by atoms with E-state index in [1.54, 1.807) is 0 Å². The molecule has 0 bridgehead atoms. The summed E-state index contributed by atoms with van der Waals surface area (Å²) in [6.45, 7) is 9.80. The van der Waals surface area contributed by atoms with Crippen molar-refractivity contribution >= 4 is 11.6 Å². The number of nitrogens with one attached hydrogen (secondary N) is 1. The monoisotopic (exact) mass is 239 g/mol. The van der Waals surface area contributed by atoms with Crippen LogP contribution >= 0.6 is 11.6 Å². The zero-order valence-electron chi connectivity index (χ0n) is 9.85. The summed E-state index contributed by atoms with van der Waals surface area (Å²) < 4.78 is 5.67. The third-order valence-electron chi connectivity index (χ3n) is 2.30. The smallest absolute Gasteiger partial charge is 0.141 e. The summed E-state index contributed by atoms with van der Waals surface area (Å²) in [6, 6.07) is 4.02. The Bertz CT molecular complexity index is 363. The van der Waals surface area contributed by atoms with E-state index >= 15 is 0 Å². The first-order chi connectivity index (χ1) is 7.66. The molecule has 0 aliphatic carbocycles. The van der Waals surface area contributed by atoms with Gasteiger partial charge in [-0.2, -0.15) is 0 Å². The lowest BCUT2D eigenvalue weighted by Gasteiger charge is -2.12. The molecule has 1 rings (SSSR count). The fourth-order valence-corrected chi connectivity index (χ4v) is 1.62. The summed E-state index contributed by atoms with van der Waals surface area (Å²) in [5.41, 5.74) is 2.11. The number of benzene rings is 1. The molecule has 0 atom stereocenters. The lowest BCUT2D eigenvalue weighted by molar-refractivity contribution is 0.314. The van der Waals surface area contributed by atoms with Crippen molar-refractivity contribution in [3.8, 4) is 5.75 Å². The fraction of sp³-hybridized carbons (Fsp3) is 0.385. The molecule has 0 unspecified atom stereocenters. The molecule has 0 saturated carbocycles. The minimum atomic E-state index is 0.609. The molecule has 0 aliphatic heterocycles. The number of hydrogen-bond acceptors (Lipinski definition) is 2. The molecule has 0 aromatic heterocycles. The summed E-state index contributed by atoms with van der Waals surface area (Å²) in [7, 11) is 0. The molecule has 1 aromatic rings. The van der Waals surface area contributed by atoms with Gasteiger partial charge in [0.1, 0.15) is 12.4 Å². The molecule has 88 valence electrons. The minimum absolute atomic E-state index is 0.609. The first-order valence-electron chi connectivity index (χ1n) is 5.37. The molecule has 0 radical (unpaired) electrons. The summed E-state index contributed by atoms with van der Waals surface area (Å²) in [4.78, 5) is 0. The number of rotatable bonds is 6. The van der Waals surface area contributed by atoms with Gasteiger partial charge in [-0.25, -0.2) is 0 Å². The van der Waals surface area contributed by atoms with Gasteiger partial charge in [0, 0.05) is 13.1 Å². The van der Waals surface area contributed by atoms with E-state index < -0.39 is 0 Å². The molecule has 3 heteroatoms. The highest BCUT2D eigenvalue weighted by Crippen LogP contribution is 2.31. The van der Waals surface area contributed by atoms with Crippen molar-refractivity contribution < 1.29 is 4.74 Å². The Morgan fingerprint density at radius 3 is 2.75 bits per heavy atom. The second-order valence-electron chi connectivity index (χ2n) is 3.68. The Kier molecular flexibility index (Phi) is 5.36. The lowest BCUT2D eigenvalue weighted by atomic mass is 10.1. The van der Waals surface area contributed by atoms with E-state index in [4.69, 9.17) is 16.3 Å².